The maximum Gasteiger partial charge on any atom is 0.255 e. The molecule has 1 atom stereocenters. The Kier molecular flexibility index (Phi) is 8.86. The minimum atomic E-state index is -0.669. The fraction of sp³-hybridized carbons (Fsp3) is 0.192. The second-order valence-electron chi connectivity index (χ2n) is 7.12. The van der Waals surface area contributed by atoms with Crippen LogP contribution in [0.1, 0.15) is 15.9 Å². The van der Waals surface area contributed by atoms with Gasteiger partial charge in [0, 0.05) is 36.0 Å². The van der Waals surface area contributed by atoms with E-state index in [1.807, 2.05) is 54.6 Å². The molecule has 0 spiro atoms. The summed E-state index contributed by atoms with van der Waals surface area (Å²) in [5, 5.41) is 16.2. The van der Waals surface area contributed by atoms with Crippen LogP contribution in [-0.4, -0.2) is 43.9 Å². The molecule has 0 aliphatic rings. The molecule has 0 radical (unpaired) electrons. The molecule has 166 valence electrons. The van der Waals surface area contributed by atoms with E-state index in [9.17, 15) is 9.90 Å². The number of aliphatic hydroxyl groups excluding tert-OH is 1. The summed E-state index contributed by atoms with van der Waals surface area (Å²) in [6.07, 6.45) is 3.28. The Morgan fingerprint density at radius 2 is 1.81 bits per heavy atom. The molecule has 0 aromatic heterocycles. The van der Waals surface area contributed by atoms with E-state index in [-0.39, 0.29) is 12.5 Å². The molecule has 3 aromatic carbocycles. The number of nitrogens with one attached hydrogen (secondary N) is 2. The second kappa shape index (κ2) is 12.3. The number of carbonyl (C=O) groups excluding carboxylic acids is 1. The van der Waals surface area contributed by atoms with Gasteiger partial charge in [0.25, 0.3) is 5.91 Å². The van der Waals surface area contributed by atoms with Gasteiger partial charge in [-0.15, -0.1) is 0 Å². The highest BCUT2D eigenvalue weighted by atomic mass is 16.5. The van der Waals surface area contributed by atoms with Gasteiger partial charge < -0.3 is 25.2 Å². The summed E-state index contributed by atoms with van der Waals surface area (Å²) in [6, 6.07) is 23.9. The van der Waals surface area contributed by atoms with Gasteiger partial charge in [-0.05, 0) is 30.3 Å². The quantitative estimate of drug-likeness (QED) is 0.399. The van der Waals surface area contributed by atoms with Gasteiger partial charge in [-0.1, -0.05) is 54.6 Å². The van der Waals surface area contributed by atoms with E-state index in [1.54, 1.807) is 43.5 Å². The first-order valence-corrected chi connectivity index (χ1v) is 10.4. The zero-order valence-corrected chi connectivity index (χ0v) is 18.0. The molecule has 0 aliphatic heterocycles. The minimum Gasteiger partial charge on any atom is -0.496 e. The molecule has 6 nitrogen and oxygen atoms in total. The van der Waals surface area contributed by atoms with Crippen molar-refractivity contribution in [2.24, 2.45) is 0 Å². The number of benzene rings is 3. The van der Waals surface area contributed by atoms with Crippen LogP contribution in [0.4, 0.5) is 5.69 Å². The minimum absolute atomic E-state index is 0.138. The van der Waals surface area contributed by atoms with Crippen LogP contribution in [0.3, 0.4) is 0 Å². The molecule has 3 N–H and O–H groups in total. The number of rotatable bonds is 11. The van der Waals surface area contributed by atoms with Crippen LogP contribution in [0, 0.1) is 0 Å². The predicted molar refractivity (Wildman–Crippen MR) is 127 cm³/mol. The van der Waals surface area contributed by atoms with Crippen molar-refractivity contribution in [3.63, 3.8) is 0 Å². The third kappa shape index (κ3) is 7.27. The number of anilines is 1. The number of amides is 1. The van der Waals surface area contributed by atoms with Crippen molar-refractivity contribution in [1.82, 2.24) is 5.32 Å². The molecule has 0 saturated heterocycles. The summed E-state index contributed by atoms with van der Waals surface area (Å²) in [5.74, 6) is 1.21. The number of para-hydroxylation sites is 1. The van der Waals surface area contributed by atoms with Gasteiger partial charge in [0.1, 0.15) is 24.2 Å². The fourth-order valence-corrected chi connectivity index (χ4v) is 3.03. The van der Waals surface area contributed by atoms with Crippen LogP contribution in [0.2, 0.25) is 0 Å². The molecule has 0 heterocycles. The summed E-state index contributed by atoms with van der Waals surface area (Å²) in [6.45, 7) is 1.14. The van der Waals surface area contributed by atoms with Gasteiger partial charge in [0.2, 0.25) is 0 Å². The molecule has 32 heavy (non-hydrogen) atoms. The van der Waals surface area contributed by atoms with E-state index >= 15 is 0 Å². The lowest BCUT2D eigenvalue weighted by atomic mass is 10.2. The van der Waals surface area contributed by atoms with Crippen molar-refractivity contribution in [2.75, 3.05) is 32.1 Å². The first-order chi connectivity index (χ1) is 15.7. The zero-order chi connectivity index (χ0) is 22.6. The van der Waals surface area contributed by atoms with Gasteiger partial charge in [0.15, 0.2) is 0 Å². The molecule has 1 unspecified atom stereocenters. The Bertz CT molecular complexity index is 1020. The highest BCUT2D eigenvalue weighted by Crippen LogP contribution is 2.19. The van der Waals surface area contributed by atoms with Crippen LogP contribution in [0.15, 0.2) is 84.9 Å². The summed E-state index contributed by atoms with van der Waals surface area (Å²) in [4.78, 5) is 12.3. The SMILES string of the molecule is COc1ccccc1C=CCNCC(O)COc1cccc(NC(=O)c2ccccc2)c1. The average Bonchev–Trinajstić information content (AvgIpc) is 2.83. The Hall–Kier alpha value is -3.61. The molecule has 3 aromatic rings. The molecule has 6 heteroatoms. The number of ether oxygens (including phenoxy) is 2. The third-order valence-corrected chi connectivity index (χ3v) is 4.65. The lowest BCUT2D eigenvalue weighted by Gasteiger charge is -2.13. The lowest BCUT2D eigenvalue weighted by molar-refractivity contribution is 0.102. The number of methoxy groups -OCH3 is 1. The van der Waals surface area contributed by atoms with Gasteiger partial charge in [-0.25, -0.2) is 0 Å². The second-order valence-corrected chi connectivity index (χ2v) is 7.12. The van der Waals surface area contributed by atoms with Crippen molar-refractivity contribution in [1.29, 1.82) is 0 Å². The average molecular weight is 433 g/mol. The number of aliphatic hydroxyl groups is 1. The normalized spacial score (nSPS) is 11.8. The topological polar surface area (TPSA) is 79.8 Å². The van der Waals surface area contributed by atoms with Crippen molar-refractivity contribution >= 4 is 17.7 Å². The molecule has 0 saturated carbocycles. The summed E-state index contributed by atoms with van der Waals surface area (Å²) in [5.41, 5.74) is 2.21. The molecule has 0 aliphatic carbocycles. The Labute approximate surface area is 188 Å². The van der Waals surface area contributed by atoms with Crippen LogP contribution in [0.5, 0.6) is 11.5 Å². The van der Waals surface area contributed by atoms with Gasteiger partial charge in [0.05, 0.1) is 7.11 Å². The van der Waals surface area contributed by atoms with E-state index in [2.05, 4.69) is 10.6 Å². The number of hydrogen-bond acceptors (Lipinski definition) is 5. The highest BCUT2D eigenvalue weighted by molar-refractivity contribution is 6.04. The maximum atomic E-state index is 12.3. The van der Waals surface area contributed by atoms with Crippen LogP contribution >= 0.6 is 0 Å². The van der Waals surface area contributed by atoms with E-state index in [0.29, 0.717) is 30.1 Å². The lowest BCUT2D eigenvalue weighted by Crippen LogP contribution is -2.31. The van der Waals surface area contributed by atoms with Gasteiger partial charge in [-0.3, -0.25) is 4.79 Å². The van der Waals surface area contributed by atoms with Crippen LogP contribution in [0.25, 0.3) is 6.08 Å². The fourth-order valence-electron chi connectivity index (χ4n) is 3.03. The zero-order valence-electron chi connectivity index (χ0n) is 18.0. The van der Waals surface area contributed by atoms with E-state index in [4.69, 9.17) is 9.47 Å². The molecule has 0 fully saturated rings. The largest absolute Gasteiger partial charge is 0.496 e. The predicted octanol–water partition coefficient (Wildman–Crippen LogP) is 3.99. The van der Waals surface area contributed by atoms with E-state index < -0.39 is 6.10 Å². The highest BCUT2D eigenvalue weighted by Gasteiger charge is 2.08. The monoisotopic (exact) mass is 432 g/mol. The van der Waals surface area contributed by atoms with Crippen molar-refractivity contribution < 1.29 is 19.4 Å². The number of hydrogen-bond donors (Lipinski definition) is 3. The van der Waals surface area contributed by atoms with E-state index in [0.717, 1.165) is 11.3 Å². The van der Waals surface area contributed by atoms with Crippen molar-refractivity contribution in [3.8, 4) is 11.5 Å². The summed E-state index contributed by atoms with van der Waals surface area (Å²) >= 11 is 0. The molecule has 0 bridgehead atoms. The number of carbonyl (C=O) groups is 1. The van der Waals surface area contributed by atoms with Crippen molar-refractivity contribution in [2.45, 2.75) is 6.10 Å². The van der Waals surface area contributed by atoms with Gasteiger partial charge >= 0.3 is 0 Å². The molecule has 3 rings (SSSR count). The smallest absolute Gasteiger partial charge is 0.255 e. The Balaban J connectivity index is 1.40. The van der Waals surface area contributed by atoms with Gasteiger partial charge in [-0.2, -0.15) is 0 Å². The third-order valence-electron chi connectivity index (χ3n) is 4.65. The maximum absolute atomic E-state index is 12.3. The first kappa shape index (κ1) is 23.1. The molecular weight excluding hydrogens is 404 g/mol. The first-order valence-electron chi connectivity index (χ1n) is 10.4. The van der Waals surface area contributed by atoms with Crippen molar-refractivity contribution in [3.05, 3.63) is 96.1 Å². The van der Waals surface area contributed by atoms with E-state index in [1.165, 1.54) is 0 Å². The Morgan fingerprint density at radius 1 is 1.03 bits per heavy atom. The summed E-state index contributed by atoms with van der Waals surface area (Å²) in [7, 11) is 1.65. The molecular formula is C26H28N2O4. The summed E-state index contributed by atoms with van der Waals surface area (Å²) < 4.78 is 11.0. The standard InChI is InChI=1S/C26H28N2O4/c1-31-25-15-6-5-9-20(25)12-8-16-27-18-23(29)19-32-24-14-7-13-22(17-24)28-26(30)21-10-3-2-4-11-21/h2-15,17,23,27,29H,16,18-19H2,1H3,(H,28,30). The van der Waals surface area contributed by atoms with Crippen LogP contribution in [-0.2, 0) is 0 Å². The Morgan fingerprint density at radius 3 is 2.62 bits per heavy atom. The van der Waals surface area contributed by atoms with Crippen LogP contribution < -0.4 is 20.1 Å². The molecule has 1 amide bonds.